The number of nitrogens with zero attached hydrogens (tertiary/aromatic N) is 1. The van der Waals surface area contributed by atoms with Crippen LogP contribution in [0.15, 0.2) is 12.1 Å². The van der Waals surface area contributed by atoms with Gasteiger partial charge < -0.3 is 4.74 Å². The van der Waals surface area contributed by atoms with E-state index in [4.69, 9.17) is 4.74 Å². The van der Waals surface area contributed by atoms with Crippen molar-refractivity contribution in [3.8, 4) is 5.75 Å². The van der Waals surface area contributed by atoms with Gasteiger partial charge in [-0.3, -0.25) is 0 Å². The van der Waals surface area contributed by atoms with Gasteiger partial charge in [-0.25, -0.2) is 9.37 Å². The van der Waals surface area contributed by atoms with Crippen molar-refractivity contribution >= 4 is 21.6 Å². The molecule has 0 amide bonds. The van der Waals surface area contributed by atoms with E-state index in [-0.39, 0.29) is 11.6 Å². The van der Waals surface area contributed by atoms with Crippen LogP contribution in [0.3, 0.4) is 0 Å². The first-order chi connectivity index (χ1) is 7.22. The van der Waals surface area contributed by atoms with Gasteiger partial charge in [0.05, 0.1) is 22.3 Å². The molecule has 0 saturated carbocycles. The molecule has 0 radical (unpaired) electrons. The summed E-state index contributed by atoms with van der Waals surface area (Å²) in [6.45, 7) is 5.86. The van der Waals surface area contributed by atoms with Gasteiger partial charge in [-0.2, -0.15) is 0 Å². The minimum atomic E-state index is -0.314. The number of fused-ring (bicyclic) bond motifs is 1. The molecule has 0 fully saturated rings. The first-order valence-corrected chi connectivity index (χ1v) is 5.63. The van der Waals surface area contributed by atoms with Gasteiger partial charge in [-0.05, 0) is 19.1 Å². The summed E-state index contributed by atoms with van der Waals surface area (Å²) in [4.78, 5) is 4.17. The summed E-state index contributed by atoms with van der Waals surface area (Å²) in [5, 5.41) is 0.863. The summed E-state index contributed by atoms with van der Waals surface area (Å²) in [6, 6.07) is 3.36. The van der Waals surface area contributed by atoms with Crippen LogP contribution in [-0.4, -0.2) is 12.1 Å². The van der Waals surface area contributed by atoms with Crippen molar-refractivity contribution in [2.45, 2.75) is 20.8 Å². The highest BCUT2D eigenvalue weighted by Gasteiger charge is 2.10. The molecule has 2 aromatic rings. The minimum absolute atomic E-state index is 0.274. The second kappa shape index (κ2) is 5.07. The normalized spacial score (nSPS) is 9.67. The molecule has 82 valence electrons. The second-order valence-electron chi connectivity index (χ2n) is 2.66. The molecule has 1 aromatic carbocycles. The molecule has 0 aliphatic carbocycles. The summed E-state index contributed by atoms with van der Waals surface area (Å²) in [5.74, 6) is -0.0400. The number of thiazole rings is 1. The van der Waals surface area contributed by atoms with E-state index in [2.05, 4.69) is 4.98 Å². The molecule has 0 atom stereocenters. The number of ether oxygens (including phenoxy) is 1. The zero-order valence-electron chi connectivity index (χ0n) is 9.30. The predicted molar refractivity (Wildman–Crippen MR) is 62.2 cm³/mol. The molecule has 0 spiro atoms. The first-order valence-electron chi connectivity index (χ1n) is 4.82. The summed E-state index contributed by atoms with van der Waals surface area (Å²) in [5.41, 5.74) is 0.695. The summed E-state index contributed by atoms with van der Waals surface area (Å²) < 4.78 is 19.0. The number of hydrogen-bond acceptors (Lipinski definition) is 3. The maximum absolute atomic E-state index is 13.5. The van der Waals surface area contributed by atoms with E-state index in [1.807, 2.05) is 20.8 Å². The zero-order valence-corrected chi connectivity index (χ0v) is 10.1. The Hall–Kier alpha value is -1.16. The van der Waals surface area contributed by atoms with Crippen LogP contribution in [0, 0.1) is 12.7 Å². The van der Waals surface area contributed by atoms with E-state index in [1.165, 1.54) is 18.4 Å². The average molecular weight is 227 g/mol. The molecule has 0 aliphatic heterocycles. The van der Waals surface area contributed by atoms with Crippen LogP contribution in [0.25, 0.3) is 10.2 Å². The summed E-state index contributed by atoms with van der Waals surface area (Å²) in [7, 11) is 1.46. The van der Waals surface area contributed by atoms with Crippen LogP contribution in [0.5, 0.6) is 5.75 Å². The molecular weight excluding hydrogens is 213 g/mol. The van der Waals surface area contributed by atoms with Crippen molar-refractivity contribution in [3.63, 3.8) is 0 Å². The molecule has 0 unspecified atom stereocenters. The molecule has 0 saturated heterocycles. The third-order valence-corrected chi connectivity index (χ3v) is 2.77. The lowest BCUT2D eigenvalue weighted by Crippen LogP contribution is -1.86. The lowest BCUT2D eigenvalue weighted by molar-refractivity contribution is 0.389. The van der Waals surface area contributed by atoms with Crippen molar-refractivity contribution in [3.05, 3.63) is 23.0 Å². The zero-order chi connectivity index (χ0) is 11.4. The highest BCUT2D eigenvalue weighted by Crippen LogP contribution is 2.30. The van der Waals surface area contributed by atoms with Gasteiger partial charge in [0.2, 0.25) is 0 Å². The number of benzene rings is 1. The molecule has 2 rings (SSSR count). The van der Waals surface area contributed by atoms with Crippen molar-refractivity contribution in [1.29, 1.82) is 0 Å². The maximum atomic E-state index is 13.5. The van der Waals surface area contributed by atoms with E-state index >= 15 is 0 Å². The number of methoxy groups -OCH3 is 1. The molecule has 2 nitrogen and oxygen atoms in total. The summed E-state index contributed by atoms with van der Waals surface area (Å²) in [6.07, 6.45) is 0. The third-order valence-electron chi connectivity index (χ3n) is 1.79. The maximum Gasteiger partial charge on any atom is 0.184 e. The Morgan fingerprint density at radius 2 is 2.00 bits per heavy atom. The Morgan fingerprint density at radius 1 is 1.33 bits per heavy atom. The topological polar surface area (TPSA) is 22.1 Å². The Morgan fingerprint density at radius 3 is 2.60 bits per heavy atom. The van der Waals surface area contributed by atoms with Gasteiger partial charge in [0.1, 0.15) is 0 Å². The highest BCUT2D eigenvalue weighted by molar-refractivity contribution is 7.18. The molecule has 4 heteroatoms. The fourth-order valence-electron chi connectivity index (χ4n) is 1.21. The third kappa shape index (κ3) is 2.26. The van der Waals surface area contributed by atoms with Gasteiger partial charge in [-0.15, -0.1) is 11.3 Å². The molecule has 0 N–H and O–H groups in total. The average Bonchev–Trinajstić information content (AvgIpc) is 2.63. The van der Waals surface area contributed by atoms with Crippen LogP contribution < -0.4 is 4.74 Å². The second-order valence-corrected chi connectivity index (χ2v) is 3.87. The Labute approximate surface area is 92.7 Å². The molecule has 15 heavy (non-hydrogen) atoms. The van der Waals surface area contributed by atoms with Gasteiger partial charge in [0, 0.05) is 0 Å². The highest BCUT2D eigenvalue weighted by atomic mass is 32.1. The van der Waals surface area contributed by atoms with Gasteiger partial charge in [0.15, 0.2) is 11.6 Å². The Bertz CT molecular complexity index is 453. The van der Waals surface area contributed by atoms with Crippen molar-refractivity contribution in [2.75, 3.05) is 7.11 Å². The fourth-order valence-corrected chi connectivity index (χ4v) is 2.06. The Balaban J connectivity index is 0.000000531. The van der Waals surface area contributed by atoms with E-state index in [9.17, 15) is 4.39 Å². The van der Waals surface area contributed by atoms with Crippen LogP contribution in [0.2, 0.25) is 0 Å². The van der Waals surface area contributed by atoms with Crippen LogP contribution in [0.1, 0.15) is 18.9 Å². The van der Waals surface area contributed by atoms with Crippen LogP contribution >= 0.6 is 11.3 Å². The fraction of sp³-hybridized carbons (Fsp3) is 0.364. The van der Waals surface area contributed by atoms with Gasteiger partial charge in [-0.1, -0.05) is 13.8 Å². The number of aromatic nitrogens is 1. The van der Waals surface area contributed by atoms with Gasteiger partial charge >= 0.3 is 0 Å². The van der Waals surface area contributed by atoms with Crippen LogP contribution in [0.4, 0.5) is 4.39 Å². The number of rotatable bonds is 1. The number of hydrogen-bond donors (Lipinski definition) is 0. The molecule has 0 aliphatic rings. The molecule has 1 heterocycles. The Kier molecular flexibility index (Phi) is 4.03. The van der Waals surface area contributed by atoms with Crippen molar-refractivity contribution in [1.82, 2.24) is 4.98 Å². The lowest BCUT2D eigenvalue weighted by atomic mass is 10.3. The SMILES string of the molecule is CC.COc1ccc2nc(C)sc2c1F. The number of halogens is 1. The largest absolute Gasteiger partial charge is 0.494 e. The lowest BCUT2D eigenvalue weighted by Gasteiger charge is -1.99. The smallest absolute Gasteiger partial charge is 0.184 e. The monoisotopic (exact) mass is 227 g/mol. The van der Waals surface area contributed by atoms with Crippen LogP contribution in [-0.2, 0) is 0 Å². The van der Waals surface area contributed by atoms with Gasteiger partial charge in [0.25, 0.3) is 0 Å². The quantitative estimate of drug-likeness (QED) is 0.739. The van der Waals surface area contributed by atoms with Crippen molar-refractivity contribution in [2.24, 2.45) is 0 Å². The standard InChI is InChI=1S/C9H8FNOS.C2H6/c1-5-11-6-3-4-7(12-2)8(10)9(6)13-5;1-2/h3-4H,1-2H3;1-2H3. The van der Waals surface area contributed by atoms with E-state index in [1.54, 1.807) is 12.1 Å². The first kappa shape index (κ1) is 11.9. The van der Waals surface area contributed by atoms with E-state index in [0.717, 1.165) is 5.01 Å². The number of aryl methyl sites for hydroxylation is 1. The van der Waals surface area contributed by atoms with Crippen molar-refractivity contribution < 1.29 is 9.13 Å². The summed E-state index contributed by atoms with van der Waals surface area (Å²) >= 11 is 1.34. The van der Waals surface area contributed by atoms with E-state index in [0.29, 0.717) is 10.2 Å². The predicted octanol–water partition coefficient (Wildman–Crippen LogP) is 3.78. The molecule has 0 bridgehead atoms. The molecule has 1 aromatic heterocycles. The van der Waals surface area contributed by atoms with E-state index < -0.39 is 0 Å². The minimum Gasteiger partial charge on any atom is -0.494 e. The molecular formula is C11H14FNOS.